The number of anilines is 1. The molecule has 0 bridgehead atoms. The van der Waals surface area contributed by atoms with Crippen LogP contribution in [0.2, 0.25) is 0 Å². The van der Waals surface area contributed by atoms with Crippen molar-refractivity contribution in [1.82, 2.24) is 4.57 Å². The topological polar surface area (TPSA) is 70.0 Å². The summed E-state index contributed by atoms with van der Waals surface area (Å²) in [6, 6.07) is 11.6. The first-order chi connectivity index (χ1) is 14.1. The molecule has 0 radical (unpaired) electrons. The van der Waals surface area contributed by atoms with Crippen LogP contribution in [0, 0.1) is 0 Å². The average Bonchev–Trinajstić information content (AvgIpc) is 3.14. The fourth-order valence-corrected chi connectivity index (χ4v) is 3.00. The van der Waals surface area contributed by atoms with Crippen LogP contribution < -0.4 is 4.90 Å². The molecule has 0 saturated carbocycles. The summed E-state index contributed by atoms with van der Waals surface area (Å²) in [6.45, 7) is 7.97. The summed E-state index contributed by atoms with van der Waals surface area (Å²) in [5.41, 5.74) is 1.53. The van der Waals surface area contributed by atoms with Crippen molar-refractivity contribution in [3.05, 3.63) is 53.7 Å². The van der Waals surface area contributed by atoms with Crippen LogP contribution in [0.5, 0.6) is 0 Å². The Labute approximate surface area is 172 Å². The van der Waals surface area contributed by atoms with Gasteiger partial charge in [0.25, 0.3) is 0 Å². The summed E-state index contributed by atoms with van der Waals surface area (Å²) in [4.78, 5) is 26.2. The minimum Gasteiger partial charge on any atom is -0.466 e. The Morgan fingerprint density at radius 2 is 1.72 bits per heavy atom. The number of carbonyl (C=O) groups excluding carboxylic acids is 2. The number of aromatic nitrogens is 1. The lowest BCUT2D eigenvalue weighted by Gasteiger charge is -2.25. The van der Waals surface area contributed by atoms with Crippen LogP contribution >= 0.6 is 0 Å². The minimum absolute atomic E-state index is 0.236. The average molecular weight is 402 g/mol. The highest BCUT2D eigenvalue weighted by molar-refractivity contribution is 5.95. The van der Waals surface area contributed by atoms with Gasteiger partial charge in [0.1, 0.15) is 18.1 Å². The Hall–Kier alpha value is -2.80. The highest BCUT2D eigenvalue weighted by Gasteiger charge is 2.22. The van der Waals surface area contributed by atoms with Crippen LogP contribution in [-0.2, 0) is 32.3 Å². The standard InChI is InChI=1S/C22H30N2O5/c1-4-23(15-13-20(25)28-5-2)21-19(22(26)29-6-3)12-14-24(21)17-27-16-18-10-8-7-9-11-18/h7-12,14H,4-6,13,15-17H2,1-3H3. The number of carbonyl (C=O) groups is 2. The van der Waals surface area contributed by atoms with Crippen LogP contribution in [0.3, 0.4) is 0 Å². The van der Waals surface area contributed by atoms with Crippen LogP contribution in [0.15, 0.2) is 42.6 Å². The maximum absolute atomic E-state index is 12.4. The number of esters is 2. The summed E-state index contributed by atoms with van der Waals surface area (Å²) in [7, 11) is 0. The molecule has 0 unspecified atom stereocenters. The van der Waals surface area contributed by atoms with Gasteiger partial charge in [0.2, 0.25) is 0 Å². The van der Waals surface area contributed by atoms with E-state index in [1.807, 2.05) is 46.7 Å². The summed E-state index contributed by atoms with van der Waals surface area (Å²) in [5, 5.41) is 0. The third-order valence-electron chi connectivity index (χ3n) is 4.34. The fourth-order valence-electron chi connectivity index (χ4n) is 3.00. The summed E-state index contributed by atoms with van der Waals surface area (Å²) in [6.07, 6.45) is 2.04. The van der Waals surface area contributed by atoms with Gasteiger partial charge in [-0.2, -0.15) is 0 Å². The first kappa shape index (κ1) is 22.5. The van der Waals surface area contributed by atoms with Gasteiger partial charge in [0.05, 0.1) is 26.2 Å². The first-order valence-electron chi connectivity index (χ1n) is 9.99. The van der Waals surface area contributed by atoms with E-state index >= 15 is 0 Å². The monoisotopic (exact) mass is 402 g/mol. The van der Waals surface area contributed by atoms with Crippen molar-refractivity contribution in [2.45, 2.75) is 40.5 Å². The molecule has 7 nitrogen and oxygen atoms in total. The molecule has 2 rings (SSSR count). The Morgan fingerprint density at radius 3 is 2.38 bits per heavy atom. The second kappa shape index (κ2) is 11.9. The molecule has 0 aliphatic rings. The molecular weight excluding hydrogens is 372 g/mol. The smallest absolute Gasteiger partial charge is 0.341 e. The molecule has 0 aliphatic carbocycles. The lowest BCUT2D eigenvalue weighted by Crippen LogP contribution is -2.30. The van der Waals surface area contributed by atoms with Gasteiger partial charge >= 0.3 is 11.9 Å². The largest absolute Gasteiger partial charge is 0.466 e. The number of hydrogen-bond donors (Lipinski definition) is 0. The number of rotatable bonds is 12. The van der Waals surface area contributed by atoms with E-state index in [4.69, 9.17) is 14.2 Å². The first-order valence-corrected chi connectivity index (χ1v) is 9.99. The van der Waals surface area contributed by atoms with Gasteiger partial charge in [-0.15, -0.1) is 0 Å². The molecule has 1 heterocycles. The van der Waals surface area contributed by atoms with E-state index in [2.05, 4.69) is 0 Å². The maximum Gasteiger partial charge on any atom is 0.341 e. The van der Waals surface area contributed by atoms with Gasteiger partial charge in [-0.1, -0.05) is 30.3 Å². The maximum atomic E-state index is 12.4. The molecule has 7 heteroatoms. The molecule has 0 saturated heterocycles. The zero-order valence-corrected chi connectivity index (χ0v) is 17.4. The van der Waals surface area contributed by atoms with Gasteiger partial charge in [0, 0.05) is 19.3 Å². The number of benzene rings is 1. The van der Waals surface area contributed by atoms with Crippen molar-refractivity contribution in [1.29, 1.82) is 0 Å². The predicted octanol–water partition coefficient (Wildman–Crippen LogP) is 3.62. The van der Waals surface area contributed by atoms with Gasteiger partial charge < -0.3 is 23.7 Å². The Kier molecular flexibility index (Phi) is 9.24. The fraction of sp³-hybridized carbons (Fsp3) is 0.455. The molecular formula is C22H30N2O5. The molecule has 1 aromatic carbocycles. The van der Waals surface area contributed by atoms with E-state index in [0.29, 0.717) is 44.3 Å². The second-order valence-electron chi connectivity index (χ2n) is 6.34. The zero-order chi connectivity index (χ0) is 21.1. The number of hydrogen-bond acceptors (Lipinski definition) is 6. The number of nitrogens with zero attached hydrogens (tertiary/aromatic N) is 2. The highest BCUT2D eigenvalue weighted by Crippen LogP contribution is 2.24. The van der Waals surface area contributed by atoms with E-state index in [-0.39, 0.29) is 25.1 Å². The molecule has 0 spiro atoms. The molecule has 2 aromatic rings. The van der Waals surface area contributed by atoms with Crippen LogP contribution in [-0.4, -0.2) is 42.8 Å². The Morgan fingerprint density at radius 1 is 1.00 bits per heavy atom. The third-order valence-corrected chi connectivity index (χ3v) is 4.34. The van der Waals surface area contributed by atoms with E-state index in [1.165, 1.54) is 0 Å². The van der Waals surface area contributed by atoms with Crippen molar-refractivity contribution in [3.63, 3.8) is 0 Å². The third kappa shape index (κ3) is 6.64. The summed E-state index contributed by atoms with van der Waals surface area (Å²) >= 11 is 0. The predicted molar refractivity (Wildman–Crippen MR) is 111 cm³/mol. The molecule has 0 N–H and O–H groups in total. The van der Waals surface area contributed by atoms with E-state index < -0.39 is 0 Å². The van der Waals surface area contributed by atoms with Crippen molar-refractivity contribution in [3.8, 4) is 0 Å². The minimum atomic E-state index is -0.390. The second-order valence-corrected chi connectivity index (χ2v) is 6.34. The quantitative estimate of drug-likeness (QED) is 0.505. The molecule has 0 atom stereocenters. The van der Waals surface area contributed by atoms with Crippen molar-refractivity contribution >= 4 is 17.8 Å². The SMILES string of the molecule is CCOC(=O)CCN(CC)c1c(C(=O)OCC)ccn1COCc1ccccc1. The van der Waals surface area contributed by atoms with E-state index in [0.717, 1.165) is 5.56 Å². The van der Waals surface area contributed by atoms with Crippen molar-refractivity contribution in [2.24, 2.45) is 0 Å². The molecule has 0 fully saturated rings. The molecule has 158 valence electrons. The van der Waals surface area contributed by atoms with E-state index in [9.17, 15) is 9.59 Å². The lowest BCUT2D eigenvalue weighted by molar-refractivity contribution is -0.142. The Bertz CT molecular complexity index is 773. The zero-order valence-electron chi connectivity index (χ0n) is 17.4. The van der Waals surface area contributed by atoms with Gasteiger partial charge in [-0.3, -0.25) is 4.79 Å². The van der Waals surface area contributed by atoms with Gasteiger partial charge in [-0.05, 0) is 32.4 Å². The van der Waals surface area contributed by atoms with Crippen molar-refractivity contribution < 1.29 is 23.8 Å². The van der Waals surface area contributed by atoms with Gasteiger partial charge in [-0.25, -0.2) is 4.79 Å². The summed E-state index contributed by atoms with van der Waals surface area (Å²) in [5.74, 6) is 0.0317. The molecule has 29 heavy (non-hydrogen) atoms. The number of ether oxygens (including phenoxy) is 3. The highest BCUT2D eigenvalue weighted by atomic mass is 16.5. The van der Waals surface area contributed by atoms with Gasteiger partial charge in [0.15, 0.2) is 0 Å². The van der Waals surface area contributed by atoms with E-state index in [1.54, 1.807) is 26.1 Å². The molecule has 1 aromatic heterocycles. The van der Waals surface area contributed by atoms with Crippen LogP contribution in [0.1, 0.15) is 43.1 Å². The molecule has 0 aliphatic heterocycles. The lowest BCUT2D eigenvalue weighted by atomic mass is 10.2. The Balaban J connectivity index is 2.16. The normalized spacial score (nSPS) is 10.6. The molecule has 0 amide bonds. The van der Waals surface area contributed by atoms with Crippen LogP contribution in [0.25, 0.3) is 0 Å². The summed E-state index contributed by atoms with van der Waals surface area (Å²) < 4.78 is 17.9. The van der Waals surface area contributed by atoms with Crippen LogP contribution in [0.4, 0.5) is 5.82 Å². The van der Waals surface area contributed by atoms with Crippen molar-refractivity contribution in [2.75, 3.05) is 31.2 Å².